The number of nitrogens with one attached hydrogen (secondary N) is 2. The van der Waals surface area contributed by atoms with Crippen LogP contribution in [0.2, 0.25) is 0 Å². The summed E-state index contributed by atoms with van der Waals surface area (Å²) in [7, 11) is 0. The summed E-state index contributed by atoms with van der Waals surface area (Å²) in [6, 6.07) is 8.60. The average molecular weight is 254 g/mol. The van der Waals surface area contributed by atoms with Crippen LogP contribution < -0.4 is 5.32 Å². The summed E-state index contributed by atoms with van der Waals surface area (Å²) in [5, 5.41) is 11.5. The Morgan fingerprint density at radius 1 is 1.37 bits per heavy atom. The number of hydrogen-bond acceptors (Lipinski definition) is 3. The molecule has 1 aromatic heterocycles. The van der Waals surface area contributed by atoms with Crippen molar-refractivity contribution in [3.63, 3.8) is 0 Å². The molecule has 5 heteroatoms. The molecule has 1 aromatic carbocycles. The Morgan fingerprint density at radius 3 is 2.79 bits per heavy atom. The summed E-state index contributed by atoms with van der Waals surface area (Å²) < 4.78 is 0. The summed E-state index contributed by atoms with van der Waals surface area (Å²) in [5.41, 5.74) is 1.12. The monoisotopic (exact) mass is 254 g/mol. The topological polar surface area (TPSA) is 81.6 Å². The fraction of sp³-hybridized carbons (Fsp3) is 0.214. The van der Waals surface area contributed by atoms with Crippen LogP contribution in [-0.2, 0) is 6.42 Å². The maximum atomic E-state index is 11.8. The number of amides is 1. The van der Waals surface area contributed by atoms with Crippen molar-refractivity contribution in [2.45, 2.75) is 12.8 Å². The van der Waals surface area contributed by atoms with Crippen LogP contribution in [-0.4, -0.2) is 22.4 Å². The third-order valence-electron chi connectivity index (χ3n) is 2.71. The van der Waals surface area contributed by atoms with E-state index in [-0.39, 0.29) is 5.91 Å². The second-order valence-electron chi connectivity index (χ2n) is 4.08. The van der Waals surface area contributed by atoms with Crippen LogP contribution in [0.15, 0.2) is 36.7 Å². The Balaban J connectivity index is 1.76. The Kier molecular flexibility index (Phi) is 4.29. The van der Waals surface area contributed by atoms with Crippen molar-refractivity contribution in [3.8, 4) is 6.07 Å². The van der Waals surface area contributed by atoms with Gasteiger partial charge in [0.2, 0.25) is 0 Å². The molecule has 0 saturated heterocycles. The minimum atomic E-state index is -0.121. The molecule has 5 nitrogen and oxygen atoms in total. The summed E-state index contributed by atoms with van der Waals surface area (Å²) in [4.78, 5) is 18.9. The van der Waals surface area contributed by atoms with Crippen molar-refractivity contribution in [2.75, 3.05) is 6.54 Å². The van der Waals surface area contributed by atoms with Crippen LogP contribution in [0.25, 0.3) is 0 Å². The maximum absolute atomic E-state index is 11.8. The molecule has 0 bridgehead atoms. The summed E-state index contributed by atoms with van der Waals surface area (Å²) >= 11 is 0. The molecule has 0 aliphatic rings. The molecule has 0 unspecified atom stereocenters. The van der Waals surface area contributed by atoms with Gasteiger partial charge in [-0.3, -0.25) is 4.79 Å². The lowest BCUT2D eigenvalue weighted by Crippen LogP contribution is -2.24. The summed E-state index contributed by atoms with van der Waals surface area (Å²) in [5.74, 6) is 0.802. The molecular formula is C14H14N4O. The molecule has 0 radical (unpaired) electrons. The Morgan fingerprint density at radius 2 is 2.16 bits per heavy atom. The molecule has 0 atom stereocenters. The van der Waals surface area contributed by atoms with Gasteiger partial charge in [0.1, 0.15) is 5.82 Å². The standard InChI is InChI=1S/C14H14N4O/c15-10-11-3-5-12(6-4-11)14(19)18-7-1-2-13-16-8-9-17-13/h3-6,8-9H,1-2,7H2,(H,16,17)(H,18,19). The van der Waals surface area contributed by atoms with E-state index in [9.17, 15) is 4.79 Å². The Labute approximate surface area is 111 Å². The molecule has 0 spiro atoms. The first-order valence-corrected chi connectivity index (χ1v) is 6.06. The number of nitriles is 1. The fourth-order valence-electron chi connectivity index (χ4n) is 1.69. The molecule has 96 valence electrons. The van der Waals surface area contributed by atoms with E-state index in [1.54, 1.807) is 36.7 Å². The van der Waals surface area contributed by atoms with E-state index >= 15 is 0 Å². The molecule has 0 aliphatic heterocycles. The average Bonchev–Trinajstić information content (AvgIpc) is 2.96. The number of rotatable bonds is 5. The van der Waals surface area contributed by atoms with Crippen LogP contribution in [0.4, 0.5) is 0 Å². The Bertz CT molecular complexity index is 566. The van der Waals surface area contributed by atoms with Crippen molar-refractivity contribution in [2.24, 2.45) is 0 Å². The fourth-order valence-corrected chi connectivity index (χ4v) is 1.69. The van der Waals surface area contributed by atoms with Gasteiger partial charge >= 0.3 is 0 Å². The van der Waals surface area contributed by atoms with Gasteiger partial charge in [-0.25, -0.2) is 4.98 Å². The van der Waals surface area contributed by atoms with E-state index in [1.165, 1.54) is 0 Å². The molecule has 19 heavy (non-hydrogen) atoms. The smallest absolute Gasteiger partial charge is 0.251 e. The molecular weight excluding hydrogens is 240 g/mol. The first-order chi connectivity index (χ1) is 9.29. The highest BCUT2D eigenvalue weighted by Crippen LogP contribution is 2.03. The molecule has 0 fully saturated rings. The van der Waals surface area contributed by atoms with Gasteiger partial charge in [0.05, 0.1) is 11.6 Å². The minimum Gasteiger partial charge on any atom is -0.352 e. The second-order valence-corrected chi connectivity index (χ2v) is 4.08. The predicted octanol–water partition coefficient (Wildman–Crippen LogP) is 1.64. The van der Waals surface area contributed by atoms with Crippen molar-refractivity contribution in [1.82, 2.24) is 15.3 Å². The quantitative estimate of drug-likeness (QED) is 0.796. The Hall–Kier alpha value is -2.61. The van der Waals surface area contributed by atoms with E-state index in [0.29, 0.717) is 17.7 Å². The molecule has 1 amide bonds. The highest BCUT2D eigenvalue weighted by atomic mass is 16.1. The van der Waals surface area contributed by atoms with Crippen molar-refractivity contribution < 1.29 is 4.79 Å². The predicted molar refractivity (Wildman–Crippen MR) is 70.4 cm³/mol. The lowest BCUT2D eigenvalue weighted by atomic mass is 10.1. The first-order valence-electron chi connectivity index (χ1n) is 6.06. The number of aromatic amines is 1. The largest absolute Gasteiger partial charge is 0.352 e. The number of carbonyl (C=O) groups is 1. The van der Waals surface area contributed by atoms with Crippen LogP contribution >= 0.6 is 0 Å². The van der Waals surface area contributed by atoms with Crippen LogP contribution in [0.5, 0.6) is 0 Å². The van der Waals surface area contributed by atoms with Crippen molar-refractivity contribution >= 4 is 5.91 Å². The number of imidazole rings is 1. The van der Waals surface area contributed by atoms with E-state index in [0.717, 1.165) is 18.7 Å². The minimum absolute atomic E-state index is 0.121. The molecule has 1 heterocycles. The molecule has 2 aromatic rings. The van der Waals surface area contributed by atoms with Crippen molar-refractivity contribution in [3.05, 3.63) is 53.6 Å². The van der Waals surface area contributed by atoms with Gasteiger partial charge in [0.15, 0.2) is 0 Å². The molecule has 0 aliphatic carbocycles. The number of carbonyl (C=O) groups excluding carboxylic acids is 1. The molecule has 2 rings (SSSR count). The van der Waals surface area contributed by atoms with Gasteiger partial charge in [-0.15, -0.1) is 0 Å². The highest BCUT2D eigenvalue weighted by molar-refractivity contribution is 5.94. The number of H-pyrrole nitrogens is 1. The van der Waals surface area contributed by atoms with E-state index in [1.807, 2.05) is 6.07 Å². The third kappa shape index (κ3) is 3.68. The van der Waals surface area contributed by atoms with E-state index in [2.05, 4.69) is 15.3 Å². The summed E-state index contributed by atoms with van der Waals surface area (Å²) in [6.45, 7) is 0.597. The van der Waals surface area contributed by atoms with Gasteiger partial charge < -0.3 is 10.3 Å². The van der Waals surface area contributed by atoms with Crippen molar-refractivity contribution in [1.29, 1.82) is 5.26 Å². The van der Waals surface area contributed by atoms with Crippen LogP contribution in [0.3, 0.4) is 0 Å². The number of aromatic nitrogens is 2. The van der Waals surface area contributed by atoms with E-state index < -0.39 is 0 Å². The van der Waals surface area contributed by atoms with E-state index in [4.69, 9.17) is 5.26 Å². The molecule has 0 saturated carbocycles. The second kappa shape index (κ2) is 6.36. The van der Waals surface area contributed by atoms with Gasteiger partial charge in [-0.2, -0.15) is 5.26 Å². The maximum Gasteiger partial charge on any atom is 0.251 e. The zero-order chi connectivity index (χ0) is 13.5. The normalized spacial score (nSPS) is 9.84. The molecule has 2 N–H and O–H groups in total. The van der Waals surface area contributed by atoms with Gasteiger partial charge in [-0.05, 0) is 30.7 Å². The lowest BCUT2D eigenvalue weighted by Gasteiger charge is -2.04. The van der Waals surface area contributed by atoms with Gasteiger partial charge in [0, 0.05) is 30.9 Å². The van der Waals surface area contributed by atoms with Crippen LogP contribution in [0, 0.1) is 11.3 Å². The SMILES string of the molecule is N#Cc1ccc(C(=O)NCCCc2ncc[nH]2)cc1. The number of nitrogens with zero attached hydrogens (tertiary/aromatic N) is 2. The number of benzene rings is 1. The first kappa shape index (κ1) is 12.8. The number of aryl methyl sites for hydroxylation is 1. The lowest BCUT2D eigenvalue weighted by molar-refractivity contribution is 0.0953. The number of hydrogen-bond donors (Lipinski definition) is 2. The van der Waals surface area contributed by atoms with Gasteiger partial charge in [0.25, 0.3) is 5.91 Å². The third-order valence-corrected chi connectivity index (χ3v) is 2.71. The zero-order valence-electron chi connectivity index (χ0n) is 10.4. The van der Waals surface area contributed by atoms with Gasteiger partial charge in [-0.1, -0.05) is 0 Å². The van der Waals surface area contributed by atoms with Crippen LogP contribution in [0.1, 0.15) is 28.2 Å². The summed E-state index contributed by atoms with van der Waals surface area (Å²) in [6.07, 6.45) is 5.13. The highest BCUT2D eigenvalue weighted by Gasteiger charge is 2.04. The zero-order valence-corrected chi connectivity index (χ0v) is 10.4.